The predicted molar refractivity (Wildman–Crippen MR) is 68.5 cm³/mol. The minimum absolute atomic E-state index is 0.202. The molecule has 0 atom stereocenters. The molecule has 0 aromatic heterocycles. The zero-order valence-corrected chi connectivity index (χ0v) is 10.3. The second-order valence-corrected chi connectivity index (χ2v) is 4.43. The van der Waals surface area contributed by atoms with Crippen molar-refractivity contribution in [1.82, 2.24) is 0 Å². The Hall–Kier alpha value is -1.87. The lowest BCUT2D eigenvalue weighted by Crippen LogP contribution is -1.99. The summed E-state index contributed by atoms with van der Waals surface area (Å²) in [6.07, 6.45) is 0. The van der Waals surface area contributed by atoms with Crippen LogP contribution in [0.3, 0.4) is 0 Å². The first-order valence-electron chi connectivity index (χ1n) is 5.28. The number of hydrogen-bond acceptors (Lipinski definition) is 1. The number of hydrogen-bond donors (Lipinski definition) is 1. The molecule has 0 radical (unpaired) electrons. The highest BCUT2D eigenvalue weighted by molar-refractivity contribution is 6.30. The van der Waals surface area contributed by atoms with Gasteiger partial charge in [-0.05, 0) is 47.9 Å². The van der Waals surface area contributed by atoms with E-state index < -0.39 is 11.8 Å². The van der Waals surface area contributed by atoms with Crippen LogP contribution in [-0.4, -0.2) is 11.1 Å². The van der Waals surface area contributed by atoms with E-state index in [1.165, 1.54) is 18.2 Å². The van der Waals surface area contributed by atoms with Gasteiger partial charge in [0.1, 0.15) is 5.82 Å². The number of aromatic carboxylic acids is 1. The zero-order valence-electron chi connectivity index (χ0n) is 9.58. The highest BCUT2D eigenvalue weighted by Crippen LogP contribution is 2.26. The molecule has 0 aliphatic carbocycles. The Labute approximate surface area is 109 Å². The van der Waals surface area contributed by atoms with E-state index in [2.05, 4.69) is 0 Å². The van der Waals surface area contributed by atoms with Gasteiger partial charge in [-0.15, -0.1) is 0 Å². The van der Waals surface area contributed by atoms with E-state index in [1.807, 2.05) is 0 Å². The molecule has 2 aromatic carbocycles. The smallest absolute Gasteiger partial charge is 0.335 e. The molecular formula is C14H10ClFO2. The average Bonchev–Trinajstić information content (AvgIpc) is 2.27. The molecular weight excluding hydrogens is 255 g/mol. The number of benzene rings is 2. The molecule has 4 heteroatoms. The SMILES string of the molecule is Cc1ccc(-c2cc(F)cc(Cl)c2)cc1C(=O)O. The van der Waals surface area contributed by atoms with Crippen molar-refractivity contribution in [3.63, 3.8) is 0 Å². The van der Waals surface area contributed by atoms with Crippen molar-refractivity contribution in [1.29, 1.82) is 0 Å². The molecule has 2 rings (SSSR count). The fraction of sp³-hybridized carbons (Fsp3) is 0.0714. The number of carbonyl (C=O) groups is 1. The van der Waals surface area contributed by atoms with Gasteiger partial charge in [0.15, 0.2) is 0 Å². The quantitative estimate of drug-likeness (QED) is 0.885. The molecule has 1 N–H and O–H groups in total. The Morgan fingerprint density at radius 2 is 1.89 bits per heavy atom. The minimum atomic E-state index is -1.00. The highest BCUT2D eigenvalue weighted by atomic mass is 35.5. The van der Waals surface area contributed by atoms with Gasteiger partial charge < -0.3 is 5.11 Å². The van der Waals surface area contributed by atoms with Crippen molar-refractivity contribution in [2.75, 3.05) is 0 Å². The monoisotopic (exact) mass is 264 g/mol. The van der Waals surface area contributed by atoms with Gasteiger partial charge in [-0.25, -0.2) is 9.18 Å². The van der Waals surface area contributed by atoms with Crippen molar-refractivity contribution in [2.45, 2.75) is 6.92 Å². The third kappa shape index (κ3) is 2.51. The Morgan fingerprint density at radius 1 is 1.17 bits per heavy atom. The van der Waals surface area contributed by atoms with Crippen molar-refractivity contribution in [2.24, 2.45) is 0 Å². The fourth-order valence-corrected chi connectivity index (χ4v) is 1.97. The molecule has 0 saturated carbocycles. The van der Waals surface area contributed by atoms with E-state index in [1.54, 1.807) is 25.1 Å². The third-order valence-corrected chi connectivity index (χ3v) is 2.88. The van der Waals surface area contributed by atoms with Crippen molar-refractivity contribution < 1.29 is 14.3 Å². The van der Waals surface area contributed by atoms with E-state index in [4.69, 9.17) is 16.7 Å². The summed E-state index contributed by atoms with van der Waals surface area (Å²) in [4.78, 5) is 11.0. The first-order chi connectivity index (χ1) is 8.47. The lowest BCUT2D eigenvalue weighted by Gasteiger charge is -2.06. The maximum Gasteiger partial charge on any atom is 0.335 e. The molecule has 0 heterocycles. The minimum Gasteiger partial charge on any atom is -0.478 e. The van der Waals surface area contributed by atoms with E-state index in [0.29, 0.717) is 16.7 Å². The number of aryl methyl sites for hydroxylation is 1. The molecule has 2 nitrogen and oxygen atoms in total. The van der Waals surface area contributed by atoms with Crippen LogP contribution in [0.25, 0.3) is 11.1 Å². The van der Waals surface area contributed by atoms with Gasteiger partial charge in [-0.2, -0.15) is 0 Å². The normalized spacial score (nSPS) is 10.4. The van der Waals surface area contributed by atoms with Crippen LogP contribution in [0.5, 0.6) is 0 Å². The topological polar surface area (TPSA) is 37.3 Å². The van der Waals surface area contributed by atoms with Crippen LogP contribution >= 0.6 is 11.6 Å². The molecule has 0 aliphatic rings. The molecule has 0 amide bonds. The Balaban J connectivity index is 2.57. The molecule has 2 aromatic rings. The average molecular weight is 265 g/mol. The van der Waals surface area contributed by atoms with Crippen LogP contribution < -0.4 is 0 Å². The fourth-order valence-electron chi connectivity index (χ4n) is 1.75. The lowest BCUT2D eigenvalue weighted by molar-refractivity contribution is 0.0696. The first-order valence-corrected chi connectivity index (χ1v) is 5.65. The van der Waals surface area contributed by atoms with E-state index >= 15 is 0 Å². The van der Waals surface area contributed by atoms with Crippen LogP contribution in [0.15, 0.2) is 36.4 Å². The van der Waals surface area contributed by atoms with Crippen LogP contribution in [0.1, 0.15) is 15.9 Å². The van der Waals surface area contributed by atoms with Crippen molar-refractivity contribution >= 4 is 17.6 Å². The Kier molecular flexibility index (Phi) is 3.34. The van der Waals surface area contributed by atoms with Gasteiger partial charge in [-0.3, -0.25) is 0 Å². The molecule has 18 heavy (non-hydrogen) atoms. The Morgan fingerprint density at radius 3 is 2.50 bits per heavy atom. The van der Waals surface area contributed by atoms with Crippen LogP contribution in [0.2, 0.25) is 5.02 Å². The number of carboxylic acid groups (broad SMARTS) is 1. The summed E-state index contributed by atoms with van der Waals surface area (Å²) in [5.41, 5.74) is 2.04. The summed E-state index contributed by atoms with van der Waals surface area (Å²) in [5, 5.41) is 9.33. The highest BCUT2D eigenvalue weighted by Gasteiger charge is 2.09. The number of carboxylic acids is 1. The van der Waals surface area contributed by atoms with Gasteiger partial charge >= 0.3 is 5.97 Å². The van der Waals surface area contributed by atoms with Gasteiger partial charge in [0, 0.05) is 5.02 Å². The van der Waals surface area contributed by atoms with E-state index in [9.17, 15) is 9.18 Å². The van der Waals surface area contributed by atoms with Gasteiger partial charge in [0.2, 0.25) is 0 Å². The maximum atomic E-state index is 13.3. The third-order valence-electron chi connectivity index (χ3n) is 2.66. The maximum absolute atomic E-state index is 13.3. The van der Waals surface area contributed by atoms with Crippen molar-refractivity contribution in [3.05, 3.63) is 58.4 Å². The molecule has 0 fully saturated rings. The second kappa shape index (κ2) is 4.78. The Bertz CT molecular complexity index is 603. The summed E-state index contributed by atoms with van der Waals surface area (Å²) in [5.74, 6) is -1.45. The van der Waals surface area contributed by atoms with Crippen LogP contribution in [-0.2, 0) is 0 Å². The zero-order chi connectivity index (χ0) is 13.3. The molecule has 0 saturated heterocycles. The molecule has 0 bridgehead atoms. The first kappa shape index (κ1) is 12.6. The lowest BCUT2D eigenvalue weighted by atomic mass is 10.00. The van der Waals surface area contributed by atoms with Crippen molar-refractivity contribution in [3.8, 4) is 11.1 Å². The predicted octanol–water partition coefficient (Wildman–Crippen LogP) is 4.15. The van der Waals surface area contributed by atoms with E-state index in [-0.39, 0.29) is 10.6 Å². The molecule has 0 aliphatic heterocycles. The van der Waals surface area contributed by atoms with Crippen LogP contribution in [0, 0.1) is 12.7 Å². The second-order valence-electron chi connectivity index (χ2n) is 3.99. The number of halogens is 2. The van der Waals surface area contributed by atoms with Gasteiger partial charge in [0.25, 0.3) is 0 Å². The molecule has 0 spiro atoms. The summed E-state index contributed by atoms with van der Waals surface area (Å²) in [6, 6.07) is 9.08. The molecule has 0 unspecified atom stereocenters. The summed E-state index contributed by atoms with van der Waals surface area (Å²) >= 11 is 5.78. The standard InChI is InChI=1S/C14H10ClFO2/c1-8-2-3-9(6-13(8)14(17)18)10-4-11(15)7-12(16)5-10/h2-7H,1H3,(H,17,18). The van der Waals surface area contributed by atoms with E-state index in [0.717, 1.165) is 0 Å². The summed E-state index contributed by atoms with van der Waals surface area (Å²) < 4.78 is 13.3. The molecule has 92 valence electrons. The van der Waals surface area contributed by atoms with Gasteiger partial charge in [-0.1, -0.05) is 23.7 Å². The number of rotatable bonds is 2. The van der Waals surface area contributed by atoms with Crippen LogP contribution in [0.4, 0.5) is 4.39 Å². The summed E-state index contributed by atoms with van der Waals surface area (Å²) in [7, 11) is 0. The van der Waals surface area contributed by atoms with Gasteiger partial charge in [0.05, 0.1) is 5.56 Å². The summed E-state index contributed by atoms with van der Waals surface area (Å²) in [6.45, 7) is 1.71. The largest absolute Gasteiger partial charge is 0.478 e.